The first kappa shape index (κ1) is 16.8. The number of hydrogen-bond donors (Lipinski definition) is 2. The molecule has 112 valence electrons. The van der Waals surface area contributed by atoms with Crippen LogP contribution in [0.2, 0.25) is 0 Å². The Morgan fingerprint density at radius 3 is 2.50 bits per heavy atom. The van der Waals surface area contributed by atoms with E-state index in [0.717, 1.165) is 18.7 Å². The average molecular weight is 299 g/mol. The van der Waals surface area contributed by atoms with Crippen LogP contribution in [0.1, 0.15) is 30.6 Å². The fourth-order valence-corrected chi connectivity index (χ4v) is 2.58. The summed E-state index contributed by atoms with van der Waals surface area (Å²) in [4.78, 5) is 12.2. The molecule has 20 heavy (non-hydrogen) atoms. The number of halogens is 1. The number of rotatable bonds is 3. The Morgan fingerprint density at radius 1 is 1.30 bits per heavy atom. The van der Waals surface area contributed by atoms with Crippen LogP contribution in [0.4, 0.5) is 0 Å². The topological polar surface area (TPSA) is 50.4 Å². The Bertz CT molecular complexity index is 426. The van der Waals surface area contributed by atoms with Gasteiger partial charge in [-0.3, -0.25) is 4.79 Å². The Balaban J connectivity index is 0.00000200. The van der Waals surface area contributed by atoms with Crippen LogP contribution in [0, 0.1) is 5.92 Å². The maximum Gasteiger partial charge on any atom is 0.251 e. The minimum absolute atomic E-state index is 0. The van der Waals surface area contributed by atoms with E-state index >= 15 is 0 Å². The highest BCUT2D eigenvalue weighted by molar-refractivity contribution is 5.94. The first-order valence-electron chi connectivity index (χ1n) is 6.80. The highest BCUT2D eigenvalue weighted by Gasteiger charge is 2.28. The van der Waals surface area contributed by atoms with Crippen molar-refractivity contribution >= 4 is 18.3 Å². The molecule has 0 spiro atoms. The minimum atomic E-state index is -0.0185. The molecular weight excluding hydrogens is 276 g/mol. The standard InChI is InChI=1S/C15H22N2O2.ClH/c1-10-8-9-16-11(2)14(10)17-15(18)12-4-6-13(19-3)7-5-12;/h4-7,10-11,14,16H,8-9H2,1-3H3,(H,17,18);1H. The molecule has 0 aromatic heterocycles. The summed E-state index contributed by atoms with van der Waals surface area (Å²) in [6.07, 6.45) is 1.10. The molecule has 1 heterocycles. The van der Waals surface area contributed by atoms with Gasteiger partial charge >= 0.3 is 0 Å². The molecule has 0 aliphatic carbocycles. The molecule has 3 atom stereocenters. The molecule has 0 bridgehead atoms. The van der Waals surface area contributed by atoms with E-state index in [9.17, 15) is 4.79 Å². The van der Waals surface area contributed by atoms with Gasteiger partial charge in [-0.25, -0.2) is 0 Å². The molecule has 1 aromatic rings. The smallest absolute Gasteiger partial charge is 0.251 e. The lowest BCUT2D eigenvalue weighted by Crippen LogP contribution is -2.55. The number of ether oxygens (including phenoxy) is 1. The molecule has 1 saturated heterocycles. The van der Waals surface area contributed by atoms with Gasteiger partial charge in [0.05, 0.1) is 7.11 Å². The lowest BCUT2D eigenvalue weighted by molar-refractivity contribution is 0.0897. The Labute approximate surface area is 126 Å². The molecule has 2 N–H and O–H groups in total. The van der Waals surface area contributed by atoms with Gasteiger partial charge in [0.2, 0.25) is 0 Å². The lowest BCUT2D eigenvalue weighted by Gasteiger charge is -2.36. The number of carbonyl (C=O) groups is 1. The van der Waals surface area contributed by atoms with E-state index in [1.807, 2.05) is 0 Å². The van der Waals surface area contributed by atoms with Crippen molar-refractivity contribution in [2.75, 3.05) is 13.7 Å². The summed E-state index contributed by atoms with van der Waals surface area (Å²) in [5.41, 5.74) is 0.672. The summed E-state index contributed by atoms with van der Waals surface area (Å²) in [7, 11) is 1.62. The summed E-state index contributed by atoms with van der Waals surface area (Å²) in [5.74, 6) is 1.24. The second kappa shape index (κ2) is 7.50. The number of amides is 1. The quantitative estimate of drug-likeness (QED) is 0.900. The second-order valence-electron chi connectivity index (χ2n) is 5.24. The predicted octanol–water partition coefficient (Wildman–Crippen LogP) is 2.23. The SMILES string of the molecule is COc1ccc(C(=O)NC2C(C)CCNC2C)cc1.Cl. The van der Waals surface area contributed by atoms with Crippen molar-refractivity contribution in [3.63, 3.8) is 0 Å². The van der Waals surface area contributed by atoms with Crippen molar-refractivity contribution in [2.24, 2.45) is 5.92 Å². The fraction of sp³-hybridized carbons (Fsp3) is 0.533. The summed E-state index contributed by atoms with van der Waals surface area (Å²) >= 11 is 0. The van der Waals surface area contributed by atoms with Crippen LogP contribution in [-0.4, -0.2) is 31.6 Å². The summed E-state index contributed by atoms with van der Waals surface area (Å²) in [6.45, 7) is 5.34. The third-order valence-electron chi connectivity index (χ3n) is 3.87. The second-order valence-corrected chi connectivity index (χ2v) is 5.24. The van der Waals surface area contributed by atoms with Crippen LogP contribution in [0.5, 0.6) is 5.75 Å². The van der Waals surface area contributed by atoms with Crippen LogP contribution in [0.25, 0.3) is 0 Å². The van der Waals surface area contributed by atoms with Crippen LogP contribution < -0.4 is 15.4 Å². The molecule has 1 amide bonds. The number of piperidine rings is 1. The summed E-state index contributed by atoms with van der Waals surface area (Å²) in [6, 6.07) is 7.69. The van der Waals surface area contributed by atoms with Gasteiger partial charge in [-0.2, -0.15) is 0 Å². The zero-order chi connectivity index (χ0) is 13.8. The van der Waals surface area contributed by atoms with Gasteiger partial charge in [-0.05, 0) is 50.1 Å². The van der Waals surface area contributed by atoms with Crippen molar-refractivity contribution in [3.8, 4) is 5.75 Å². The molecule has 2 rings (SSSR count). The molecule has 1 aliphatic heterocycles. The highest BCUT2D eigenvalue weighted by atomic mass is 35.5. The number of hydrogen-bond acceptors (Lipinski definition) is 3. The van der Waals surface area contributed by atoms with Crippen LogP contribution in [0.15, 0.2) is 24.3 Å². The number of benzene rings is 1. The normalized spacial score (nSPS) is 25.4. The van der Waals surface area contributed by atoms with E-state index in [-0.39, 0.29) is 24.4 Å². The van der Waals surface area contributed by atoms with Crippen LogP contribution in [0.3, 0.4) is 0 Å². The zero-order valence-electron chi connectivity index (χ0n) is 12.2. The molecule has 1 aromatic carbocycles. The number of methoxy groups -OCH3 is 1. The summed E-state index contributed by atoms with van der Waals surface area (Å²) < 4.78 is 5.09. The molecule has 1 aliphatic rings. The fourth-order valence-electron chi connectivity index (χ4n) is 2.58. The van der Waals surface area contributed by atoms with E-state index in [1.54, 1.807) is 31.4 Å². The van der Waals surface area contributed by atoms with E-state index in [0.29, 0.717) is 17.5 Å². The van der Waals surface area contributed by atoms with Gasteiger partial charge in [-0.1, -0.05) is 6.92 Å². The average Bonchev–Trinajstić information content (AvgIpc) is 2.43. The van der Waals surface area contributed by atoms with Crippen molar-refractivity contribution in [2.45, 2.75) is 32.4 Å². The largest absolute Gasteiger partial charge is 0.497 e. The van der Waals surface area contributed by atoms with E-state index in [2.05, 4.69) is 24.5 Å². The molecular formula is C15H23ClN2O2. The van der Waals surface area contributed by atoms with Gasteiger partial charge in [0.25, 0.3) is 5.91 Å². The van der Waals surface area contributed by atoms with Crippen LogP contribution >= 0.6 is 12.4 Å². The van der Waals surface area contributed by atoms with Crippen molar-refractivity contribution < 1.29 is 9.53 Å². The Morgan fingerprint density at radius 2 is 1.95 bits per heavy atom. The van der Waals surface area contributed by atoms with Gasteiger partial charge in [-0.15, -0.1) is 12.4 Å². The molecule has 1 fully saturated rings. The molecule has 0 saturated carbocycles. The molecule has 3 unspecified atom stereocenters. The van der Waals surface area contributed by atoms with Gasteiger partial charge in [0.1, 0.15) is 5.75 Å². The maximum atomic E-state index is 12.2. The number of nitrogens with one attached hydrogen (secondary N) is 2. The molecule has 4 nitrogen and oxygen atoms in total. The van der Waals surface area contributed by atoms with E-state index in [4.69, 9.17) is 4.74 Å². The monoisotopic (exact) mass is 298 g/mol. The summed E-state index contributed by atoms with van der Waals surface area (Å²) in [5, 5.41) is 6.53. The van der Waals surface area contributed by atoms with Crippen molar-refractivity contribution in [1.29, 1.82) is 0 Å². The van der Waals surface area contributed by atoms with Crippen molar-refractivity contribution in [3.05, 3.63) is 29.8 Å². The van der Waals surface area contributed by atoms with E-state index in [1.165, 1.54) is 0 Å². The third-order valence-corrected chi connectivity index (χ3v) is 3.87. The molecule has 0 radical (unpaired) electrons. The first-order valence-corrected chi connectivity index (χ1v) is 6.80. The van der Waals surface area contributed by atoms with Gasteiger partial charge in [0, 0.05) is 17.6 Å². The Hall–Kier alpha value is -1.26. The predicted molar refractivity (Wildman–Crippen MR) is 82.7 cm³/mol. The van der Waals surface area contributed by atoms with Gasteiger partial charge < -0.3 is 15.4 Å². The Kier molecular flexibility index (Phi) is 6.30. The third kappa shape index (κ3) is 3.87. The van der Waals surface area contributed by atoms with Crippen LogP contribution in [-0.2, 0) is 0 Å². The number of carbonyl (C=O) groups excluding carboxylic acids is 1. The highest BCUT2D eigenvalue weighted by Crippen LogP contribution is 2.17. The minimum Gasteiger partial charge on any atom is -0.497 e. The maximum absolute atomic E-state index is 12.2. The van der Waals surface area contributed by atoms with Gasteiger partial charge in [0.15, 0.2) is 0 Å². The zero-order valence-corrected chi connectivity index (χ0v) is 13.0. The van der Waals surface area contributed by atoms with Crippen molar-refractivity contribution in [1.82, 2.24) is 10.6 Å². The lowest BCUT2D eigenvalue weighted by atomic mass is 9.89. The first-order chi connectivity index (χ1) is 9.11. The molecule has 5 heteroatoms. The van der Waals surface area contributed by atoms with E-state index < -0.39 is 0 Å².